The van der Waals surface area contributed by atoms with Crippen LogP contribution in [0, 0.1) is 11.8 Å². The second-order valence-electron chi connectivity index (χ2n) is 10.3. The van der Waals surface area contributed by atoms with Gasteiger partial charge in [-0.1, -0.05) is 12.8 Å². The van der Waals surface area contributed by atoms with Crippen molar-refractivity contribution < 1.29 is 35.8 Å². The molecule has 0 radical (unpaired) electrons. The number of sulfonamides is 2. The number of nitrogens with zero attached hydrogens (tertiary/aromatic N) is 2. The molecule has 0 spiro atoms. The Morgan fingerprint density at radius 2 is 0.950 bits per heavy atom. The fourth-order valence-electron chi connectivity index (χ4n) is 5.60. The zero-order valence-corrected chi connectivity index (χ0v) is 25.3. The monoisotopic (exact) mass is 596 g/mol. The van der Waals surface area contributed by atoms with Crippen LogP contribution in [0.5, 0.6) is 23.0 Å². The summed E-state index contributed by atoms with van der Waals surface area (Å²) in [6.07, 6.45) is 5.22. The summed E-state index contributed by atoms with van der Waals surface area (Å²) in [4.78, 5) is 0.252. The quantitative estimate of drug-likeness (QED) is 0.383. The molecule has 2 aliphatic rings. The van der Waals surface area contributed by atoms with Crippen molar-refractivity contribution in [2.75, 3.05) is 54.6 Å². The highest BCUT2D eigenvalue weighted by molar-refractivity contribution is 7.89. The fraction of sp³-hybridized carbons (Fsp3) is 0.571. The number of piperidine rings is 2. The second-order valence-corrected chi connectivity index (χ2v) is 14.1. The van der Waals surface area contributed by atoms with Gasteiger partial charge in [0.1, 0.15) is 32.8 Å². The Morgan fingerprint density at radius 1 is 0.600 bits per heavy atom. The molecule has 0 saturated carbocycles. The van der Waals surface area contributed by atoms with E-state index < -0.39 is 20.0 Å². The predicted octanol–water partition coefficient (Wildman–Crippen LogP) is 4.00. The minimum atomic E-state index is -3.70. The first-order valence-electron chi connectivity index (χ1n) is 13.6. The van der Waals surface area contributed by atoms with Crippen molar-refractivity contribution in [1.82, 2.24) is 8.61 Å². The molecule has 0 bridgehead atoms. The normalized spacial score (nSPS) is 18.4. The highest BCUT2D eigenvalue weighted by Gasteiger charge is 2.34. The van der Waals surface area contributed by atoms with Gasteiger partial charge in [-0.15, -0.1) is 0 Å². The van der Waals surface area contributed by atoms with E-state index in [1.54, 1.807) is 24.3 Å². The van der Waals surface area contributed by atoms with Gasteiger partial charge in [-0.3, -0.25) is 0 Å². The van der Waals surface area contributed by atoms with Gasteiger partial charge in [-0.05, 0) is 61.8 Å². The topological polar surface area (TPSA) is 112 Å². The summed E-state index contributed by atoms with van der Waals surface area (Å²) in [5, 5.41) is 0. The van der Waals surface area contributed by atoms with E-state index in [1.807, 2.05) is 0 Å². The highest BCUT2D eigenvalue weighted by Crippen LogP contribution is 2.36. The summed E-state index contributed by atoms with van der Waals surface area (Å²) in [6.45, 7) is 1.86. The maximum atomic E-state index is 13.4. The highest BCUT2D eigenvalue weighted by atomic mass is 32.2. The summed E-state index contributed by atoms with van der Waals surface area (Å²) in [5.74, 6) is 2.44. The Balaban J connectivity index is 1.28. The van der Waals surface area contributed by atoms with Crippen LogP contribution in [0.4, 0.5) is 0 Å². The maximum Gasteiger partial charge on any atom is 0.246 e. The third-order valence-corrected chi connectivity index (χ3v) is 11.9. The number of ether oxygens (including phenoxy) is 4. The van der Waals surface area contributed by atoms with Gasteiger partial charge >= 0.3 is 0 Å². The molecule has 4 rings (SSSR count). The summed E-state index contributed by atoms with van der Waals surface area (Å²) in [6, 6.07) is 9.61. The fourth-order valence-corrected chi connectivity index (χ4v) is 8.88. The molecule has 2 heterocycles. The molecule has 2 saturated heterocycles. The van der Waals surface area contributed by atoms with Crippen LogP contribution in [-0.4, -0.2) is 80.1 Å². The number of hydrogen-bond donors (Lipinski definition) is 0. The molecule has 0 amide bonds. The van der Waals surface area contributed by atoms with Crippen LogP contribution < -0.4 is 18.9 Å². The van der Waals surface area contributed by atoms with Crippen LogP contribution >= 0.6 is 0 Å². The van der Waals surface area contributed by atoms with Gasteiger partial charge < -0.3 is 18.9 Å². The van der Waals surface area contributed by atoms with Crippen LogP contribution in [-0.2, 0) is 20.0 Å². The van der Waals surface area contributed by atoms with Crippen LogP contribution in [0.2, 0.25) is 0 Å². The summed E-state index contributed by atoms with van der Waals surface area (Å²) < 4.78 is 77.6. The SMILES string of the molecule is COc1ccc(OC)c(S(=O)(=O)N2CCC(CCC3CCN(S(=O)(=O)c4cc(OC)ccc4OC)CC3)CC2)c1. The smallest absolute Gasteiger partial charge is 0.246 e. The van der Waals surface area contributed by atoms with E-state index in [4.69, 9.17) is 18.9 Å². The van der Waals surface area contributed by atoms with E-state index in [0.29, 0.717) is 61.0 Å². The van der Waals surface area contributed by atoms with E-state index >= 15 is 0 Å². The molecule has 0 aliphatic carbocycles. The predicted molar refractivity (Wildman–Crippen MR) is 151 cm³/mol. The van der Waals surface area contributed by atoms with Crippen molar-refractivity contribution in [2.45, 2.75) is 48.3 Å². The van der Waals surface area contributed by atoms with Gasteiger partial charge in [0.2, 0.25) is 20.0 Å². The van der Waals surface area contributed by atoms with Gasteiger partial charge in [0.15, 0.2) is 0 Å². The molecule has 12 heteroatoms. The molecular weight excluding hydrogens is 556 g/mol. The first kappa shape index (κ1) is 30.4. The third kappa shape index (κ3) is 6.50. The molecule has 222 valence electrons. The minimum absolute atomic E-state index is 0.126. The van der Waals surface area contributed by atoms with Gasteiger partial charge in [-0.2, -0.15) is 8.61 Å². The Bertz CT molecular complexity index is 1260. The van der Waals surface area contributed by atoms with Gasteiger partial charge in [0.25, 0.3) is 0 Å². The molecule has 10 nitrogen and oxygen atoms in total. The van der Waals surface area contributed by atoms with Crippen molar-refractivity contribution >= 4 is 20.0 Å². The Morgan fingerprint density at radius 3 is 1.25 bits per heavy atom. The molecular formula is C28H40N2O8S2. The standard InChI is InChI=1S/C28H40N2O8S2/c1-35-23-7-9-25(37-3)27(19-23)39(31,32)29-15-11-21(12-16-29)5-6-22-13-17-30(18-14-22)40(33,34)28-20-24(36-2)8-10-26(28)38-4/h7-10,19-22H,5-6,11-18H2,1-4H3. The van der Waals surface area contributed by atoms with Crippen LogP contribution in [0.1, 0.15) is 38.5 Å². The molecule has 2 aliphatic heterocycles. The Hall–Kier alpha value is -2.54. The molecule has 0 unspecified atom stereocenters. The zero-order chi connectivity index (χ0) is 28.9. The summed E-state index contributed by atoms with van der Waals surface area (Å²) in [5.41, 5.74) is 0. The lowest BCUT2D eigenvalue weighted by Crippen LogP contribution is -2.39. The van der Waals surface area contributed by atoms with Crippen molar-refractivity contribution in [3.05, 3.63) is 36.4 Å². The lowest BCUT2D eigenvalue weighted by Gasteiger charge is -2.34. The summed E-state index contributed by atoms with van der Waals surface area (Å²) >= 11 is 0. The largest absolute Gasteiger partial charge is 0.497 e. The number of methoxy groups -OCH3 is 4. The van der Waals surface area contributed by atoms with Crippen LogP contribution in [0.25, 0.3) is 0 Å². The van der Waals surface area contributed by atoms with Gasteiger partial charge in [0.05, 0.1) is 28.4 Å². The van der Waals surface area contributed by atoms with E-state index in [0.717, 1.165) is 38.5 Å². The van der Waals surface area contributed by atoms with E-state index in [2.05, 4.69) is 0 Å². The van der Waals surface area contributed by atoms with E-state index in [9.17, 15) is 16.8 Å². The lowest BCUT2D eigenvalue weighted by atomic mass is 9.86. The maximum absolute atomic E-state index is 13.4. The molecule has 0 aromatic heterocycles. The molecule has 2 fully saturated rings. The van der Waals surface area contributed by atoms with Crippen molar-refractivity contribution in [3.63, 3.8) is 0 Å². The average molecular weight is 597 g/mol. The van der Waals surface area contributed by atoms with E-state index in [1.165, 1.54) is 49.2 Å². The first-order valence-corrected chi connectivity index (χ1v) is 16.5. The molecule has 2 aromatic rings. The van der Waals surface area contributed by atoms with Crippen molar-refractivity contribution in [3.8, 4) is 23.0 Å². The number of benzene rings is 2. The van der Waals surface area contributed by atoms with Crippen molar-refractivity contribution in [2.24, 2.45) is 11.8 Å². The number of rotatable bonds is 11. The van der Waals surface area contributed by atoms with Crippen molar-refractivity contribution in [1.29, 1.82) is 0 Å². The number of hydrogen-bond acceptors (Lipinski definition) is 8. The molecule has 2 aromatic carbocycles. The summed E-state index contributed by atoms with van der Waals surface area (Å²) in [7, 11) is -1.47. The molecule has 40 heavy (non-hydrogen) atoms. The zero-order valence-electron chi connectivity index (χ0n) is 23.7. The second kappa shape index (κ2) is 13.0. The van der Waals surface area contributed by atoms with Gasteiger partial charge in [0, 0.05) is 38.3 Å². The van der Waals surface area contributed by atoms with Crippen LogP contribution in [0.15, 0.2) is 46.2 Å². The minimum Gasteiger partial charge on any atom is -0.497 e. The lowest BCUT2D eigenvalue weighted by molar-refractivity contribution is 0.219. The third-order valence-electron chi connectivity index (χ3n) is 8.11. The Labute approximate surface area is 238 Å². The first-order chi connectivity index (χ1) is 19.1. The van der Waals surface area contributed by atoms with Crippen LogP contribution in [0.3, 0.4) is 0 Å². The Kier molecular flexibility index (Phi) is 9.86. The molecule has 0 atom stereocenters. The van der Waals surface area contributed by atoms with E-state index in [-0.39, 0.29) is 9.79 Å². The average Bonchev–Trinajstić information content (AvgIpc) is 2.99. The van der Waals surface area contributed by atoms with Gasteiger partial charge in [-0.25, -0.2) is 16.8 Å². The molecule has 0 N–H and O–H groups in total.